The second-order valence-electron chi connectivity index (χ2n) is 5.27. The number of rotatable bonds is 2. The quantitative estimate of drug-likeness (QED) is 0.846. The van der Waals surface area contributed by atoms with E-state index in [1.54, 1.807) is 12.1 Å². The first-order chi connectivity index (χ1) is 10.6. The number of benzene rings is 1. The molecule has 2 heterocycles. The number of hydrogen-bond donors (Lipinski definition) is 0. The number of carbonyl (C=O) groups excluding carboxylic acids is 1. The van der Waals surface area contributed by atoms with Crippen LogP contribution in [0.25, 0.3) is 0 Å². The molecule has 1 saturated heterocycles. The Kier molecular flexibility index (Phi) is 4.59. The Morgan fingerprint density at radius 2 is 2.14 bits per heavy atom. The zero-order chi connectivity index (χ0) is 15.5. The maximum absolute atomic E-state index is 12.6. The van der Waals surface area contributed by atoms with E-state index in [0.29, 0.717) is 17.1 Å². The van der Waals surface area contributed by atoms with Gasteiger partial charge in [0.25, 0.3) is 5.91 Å². The molecule has 5 nitrogen and oxygen atoms in total. The van der Waals surface area contributed by atoms with Gasteiger partial charge in [0.1, 0.15) is 5.82 Å². The van der Waals surface area contributed by atoms with Gasteiger partial charge in [-0.2, -0.15) is 4.37 Å². The zero-order valence-electron chi connectivity index (χ0n) is 12.3. The molecule has 3 rings (SSSR count). The summed E-state index contributed by atoms with van der Waals surface area (Å²) in [6.07, 6.45) is 0.922. The van der Waals surface area contributed by atoms with Gasteiger partial charge >= 0.3 is 0 Å². The number of aromatic nitrogens is 2. The predicted octanol–water partition coefficient (Wildman–Crippen LogP) is 2.85. The lowest BCUT2D eigenvalue weighted by Crippen LogP contribution is -2.35. The van der Waals surface area contributed by atoms with E-state index >= 15 is 0 Å². The number of halogens is 1. The van der Waals surface area contributed by atoms with Gasteiger partial charge in [-0.05, 0) is 31.5 Å². The Morgan fingerprint density at radius 1 is 1.27 bits per heavy atom. The third kappa shape index (κ3) is 3.39. The first-order valence-electron chi connectivity index (χ1n) is 7.23. The van der Waals surface area contributed by atoms with E-state index < -0.39 is 0 Å². The van der Waals surface area contributed by atoms with Crippen LogP contribution in [0.1, 0.15) is 22.6 Å². The molecule has 1 amide bonds. The number of hydrogen-bond acceptors (Lipinski definition) is 5. The van der Waals surface area contributed by atoms with Crippen molar-refractivity contribution in [3.63, 3.8) is 0 Å². The van der Waals surface area contributed by atoms with Crippen LogP contribution in [0.3, 0.4) is 0 Å². The molecule has 0 saturated carbocycles. The molecule has 116 valence electrons. The van der Waals surface area contributed by atoms with Gasteiger partial charge in [0.05, 0.1) is 0 Å². The van der Waals surface area contributed by atoms with Gasteiger partial charge in [0, 0.05) is 48.3 Å². The Labute approximate surface area is 138 Å². The average Bonchev–Trinajstić information content (AvgIpc) is 2.80. The molecule has 1 aromatic heterocycles. The molecule has 1 aliphatic heterocycles. The Hall–Kier alpha value is -1.66. The standard InChI is InChI=1S/C15H17ClN4OS/c1-11-17-15(22-18-11)20-7-3-6-19(8-9-20)14(21)12-4-2-5-13(16)10-12/h2,4-5,10H,3,6-9H2,1H3. The highest BCUT2D eigenvalue weighted by Crippen LogP contribution is 2.20. The van der Waals surface area contributed by atoms with Crippen LogP contribution in [0.4, 0.5) is 5.13 Å². The molecule has 0 radical (unpaired) electrons. The lowest BCUT2D eigenvalue weighted by Gasteiger charge is -2.21. The minimum absolute atomic E-state index is 0.0396. The summed E-state index contributed by atoms with van der Waals surface area (Å²) in [6, 6.07) is 7.12. The highest BCUT2D eigenvalue weighted by atomic mass is 35.5. The number of carbonyl (C=O) groups is 1. The van der Waals surface area contributed by atoms with Crippen LogP contribution in [0.15, 0.2) is 24.3 Å². The summed E-state index contributed by atoms with van der Waals surface area (Å²) in [5.41, 5.74) is 0.646. The van der Waals surface area contributed by atoms with Crippen molar-refractivity contribution >= 4 is 34.2 Å². The molecule has 0 spiro atoms. The van der Waals surface area contributed by atoms with E-state index in [9.17, 15) is 4.79 Å². The number of aryl methyl sites for hydroxylation is 1. The molecule has 0 atom stereocenters. The number of anilines is 1. The third-order valence-corrected chi connectivity index (χ3v) is 4.75. The van der Waals surface area contributed by atoms with Crippen LogP contribution in [-0.4, -0.2) is 46.3 Å². The van der Waals surface area contributed by atoms with Crippen molar-refractivity contribution < 1.29 is 4.79 Å². The molecule has 0 unspecified atom stereocenters. The minimum Gasteiger partial charge on any atom is -0.345 e. The normalized spacial score (nSPS) is 15.7. The van der Waals surface area contributed by atoms with Crippen molar-refractivity contribution in [2.45, 2.75) is 13.3 Å². The van der Waals surface area contributed by atoms with Crippen LogP contribution in [0, 0.1) is 6.92 Å². The molecule has 7 heteroatoms. The second kappa shape index (κ2) is 6.62. The van der Waals surface area contributed by atoms with Crippen LogP contribution in [0.5, 0.6) is 0 Å². The van der Waals surface area contributed by atoms with Crippen LogP contribution < -0.4 is 4.90 Å². The van der Waals surface area contributed by atoms with Crippen LogP contribution in [0.2, 0.25) is 5.02 Å². The monoisotopic (exact) mass is 336 g/mol. The van der Waals surface area contributed by atoms with Crippen LogP contribution >= 0.6 is 23.1 Å². The van der Waals surface area contributed by atoms with Gasteiger partial charge < -0.3 is 9.80 Å². The smallest absolute Gasteiger partial charge is 0.253 e. The summed E-state index contributed by atoms with van der Waals surface area (Å²) < 4.78 is 4.23. The Bertz CT molecular complexity index is 675. The van der Waals surface area contributed by atoms with E-state index in [-0.39, 0.29) is 5.91 Å². The van der Waals surface area contributed by atoms with Crippen molar-refractivity contribution in [3.05, 3.63) is 40.7 Å². The topological polar surface area (TPSA) is 49.3 Å². The number of amides is 1. The Morgan fingerprint density at radius 3 is 2.86 bits per heavy atom. The van der Waals surface area contributed by atoms with E-state index in [1.807, 2.05) is 24.0 Å². The molecule has 0 aliphatic carbocycles. The molecular weight excluding hydrogens is 320 g/mol. The Balaban J connectivity index is 1.68. The lowest BCUT2D eigenvalue weighted by atomic mass is 10.2. The van der Waals surface area contributed by atoms with Gasteiger partial charge in [-0.3, -0.25) is 4.79 Å². The second-order valence-corrected chi connectivity index (χ2v) is 6.43. The van der Waals surface area contributed by atoms with Gasteiger partial charge in [-0.15, -0.1) is 0 Å². The van der Waals surface area contributed by atoms with Gasteiger partial charge in [0.15, 0.2) is 0 Å². The molecule has 1 aromatic carbocycles. The zero-order valence-corrected chi connectivity index (χ0v) is 13.9. The van der Waals surface area contributed by atoms with Gasteiger partial charge in [0.2, 0.25) is 5.13 Å². The fourth-order valence-electron chi connectivity index (χ4n) is 2.53. The summed E-state index contributed by atoms with van der Waals surface area (Å²) in [6.45, 7) is 5.01. The van der Waals surface area contributed by atoms with Crippen LogP contribution in [-0.2, 0) is 0 Å². The van der Waals surface area contributed by atoms with E-state index in [1.165, 1.54) is 11.5 Å². The minimum atomic E-state index is 0.0396. The molecule has 22 heavy (non-hydrogen) atoms. The summed E-state index contributed by atoms with van der Waals surface area (Å²) in [4.78, 5) is 21.1. The largest absolute Gasteiger partial charge is 0.345 e. The molecule has 0 bridgehead atoms. The summed E-state index contributed by atoms with van der Waals surface area (Å²) in [7, 11) is 0. The summed E-state index contributed by atoms with van der Waals surface area (Å²) >= 11 is 7.39. The van der Waals surface area contributed by atoms with E-state index in [2.05, 4.69) is 14.3 Å². The first kappa shape index (κ1) is 15.2. The third-order valence-electron chi connectivity index (χ3n) is 3.64. The van der Waals surface area contributed by atoms with Crippen molar-refractivity contribution in [2.75, 3.05) is 31.1 Å². The fourth-order valence-corrected chi connectivity index (χ4v) is 3.45. The fraction of sp³-hybridized carbons (Fsp3) is 0.400. The van der Waals surface area contributed by atoms with Crippen molar-refractivity contribution in [3.8, 4) is 0 Å². The summed E-state index contributed by atoms with van der Waals surface area (Å²) in [5, 5.41) is 1.53. The highest BCUT2D eigenvalue weighted by molar-refractivity contribution is 7.09. The maximum Gasteiger partial charge on any atom is 0.253 e. The predicted molar refractivity (Wildman–Crippen MR) is 88.8 cm³/mol. The average molecular weight is 337 g/mol. The van der Waals surface area contributed by atoms with Crippen molar-refractivity contribution in [2.24, 2.45) is 0 Å². The van der Waals surface area contributed by atoms with E-state index in [4.69, 9.17) is 11.6 Å². The van der Waals surface area contributed by atoms with Gasteiger partial charge in [-0.25, -0.2) is 4.98 Å². The van der Waals surface area contributed by atoms with Crippen molar-refractivity contribution in [1.29, 1.82) is 0 Å². The first-order valence-corrected chi connectivity index (χ1v) is 8.39. The van der Waals surface area contributed by atoms with E-state index in [0.717, 1.165) is 37.0 Å². The summed E-state index contributed by atoms with van der Waals surface area (Å²) in [5.74, 6) is 0.842. The van der Waals surface area contributed by atoms with Crippen molar-refractivity contribution in [1.82, 2.24) is 14.3 Å². The SMILES string of the molecule is Cc1nsc(N2CCCN(C(=O)c3cccc(Cl)c3)CC2)n1. The molecular formula is C15H17ClN4OS. The number of nitrogens with zero attached hydrogens (tertiary/aromatic N) is 4. The lowest BCUT2D eigenvalue weighted by molar-refractivity contribution is 0.0767. The molecule has 1 fully saturated rings. The maximum atomic E-state index is 12.6. The molecule has 2 aromatic rings. The molecule has 0 N–H and O–H groups in total. The molecule has 1 aliphatic rings. The highest BCUT2D eigenvalue weighted by Gasteiger charge is 2.22. The van der Waals surface area contributed by atoms with Gasteiger partial charge in [-0.1, -0.05) is 17.7 Å².